The maximum atomic E-state index is 11.9. The predicted octanol–water partition coefficient (Wildman–Crippen LogP) is 2.76. The van der Waals surface area contributed by atoms with Gasteiger partial charge in [-0.15, -0.1) is 0 Å². The van der Waals surface area contributed by atoms with Gasteiger partial charge in [-0.3, -0.25) is 20.4 Å². The van der Waals surface area contributed by atoms with Gasteiger partial charge in [0.1, 0.15) is 5.75 Å². The zero-order valence-corrected chi connectivity index (χ0v) is 15.9. The number of ether oxygens (including phenoxy) is 2. The summed E-state index contributed by atoms with van der Waals surface area (Å²) >= 11 is 5.89. The summed E-state index contributed by atoms with van der Waals surface area (Å²) in [6.07, 6.45) is 2.75. The molecule has 2 rings (SSSR count). The van der Waals surface area contributed by atoms with Crippen molar-refractivity contribution in [1.29, 1.82) is 0 Å². The predicted molar refractivity (Wildman–Crippen MR) is 105 cm³/mol. The van der Waals surface area contributed by atoms with Crippen molar-refractivity contribution in [3.05, 3.63) is 70.8 Å². The van der Waals surface area contributed by atoms with Gasteiger partial charge < -0.3 is 9.47 Å². The summed E-state index contributed by atoms with van der Waals surface area (Å²) in [7, 11) is 0. The molecule has 0 aliphatic carbocycles. The van der Waals surface area contributed by atoms with E-state index in [9.17, 15) is 14.4 Å². The molecule has 146 valence electrons. The van der Waals surface area contributed by atoms with Crippen LogP contribution in [-0.2, 0) is 14.3 Å². The van der Waals surface area contributed by atoms with Crippen LogP contribution in [0, 0.1) is 0 Å². The highest BCUT2D eigenvalue weighted by Crippen LogP contribution is 2.14. The van der Waals surface area contributed by atoms with Gasteiger partial charge in [0.15, 0.2) is 6.61 Å². The first kappa shape index (κ1) is 21.0. The number of carbonyl (C=O) groups excluding carboxylic acids is 3. The highest BCUT2D eigenvalue weighted by atomic mass is 35.5. The van der Waals surface area contributed by atoms with Crippen molar-refractivity contribution in [1.82, 2.24) is 10.9 Å². The van der Waals surface area contributed by atoms with Gasteiger partial charge in [-0.1, -0.05) is 35.9 Å². The SMILES string of the molecule is CCOc1ccc(/C=C/C(=O)OCC(=O)NNC(=O)c2ccccc2Cl)cc1. The molecule has 0 saturated heterocycles. The molecule has 0 bridgehead atoms. The zero-order chi connectivity index (χ0) is 20.4. The van der Waals surface area contributed by atoms with E-state index in [0.29, 0.717) is 6.61 Å². The maximum Gasteiger partial charge on any atom is 0.331 e. The van der Waals surface area contributed by atoms with E-state index in [-0.39, 0.29) is 10.6 Å². The van der Waals surface area contributed by atoms with Gasteiger partial charge in [0.05, 0.1) is 17.2 Å². The topological polar surface area (TPSA) is 93.7 Å². The van der Waals surface area contributed by atoms with E-state index in [1.165, 1.54) is 12.1 Å². The van der Waals surface area contributed by atoms with Crippen molar-refractivity contribution in [3.8, 4) is 5.75 Å². The van der Waals surface area contributed by atoms with E-state index in [1.807, 2.05) is 6.92 Å². The van der Waals surface area contributed by atoms with Gasteiger partial charge in [0.2, 0.25) is 0 Å². The number of carbonyl (C=O) groups is 3. The summed E-state index contributed by atoms with van der Waals surface area (Å²) in [5.41, 5.74) is 5.32. The lowest BCUT2D eigenvalue weighted by molar-refractivity contribution is -0.144. The number of amides is 2. The number of esters is 1. The average molecular weight is 403 g/mol. The van der Waals surface area contributed by atoms with Crippen LogP contribution >= 0.6 is 11.6 Å². The van der Waals surface area contributed by atoms with Crippen LogP contribution in [0.2, 0.25) is 5.02 Å². The van der Waals surface area contributed by atoms with Crippen molar-refractivity contribution in [2.75, 3.05) is 13.2 Å². The lowest BCUT2D eigenvalue weighted by atomic mass is 10.2. The molecule has 0 saturated carbocycles. The minimum Gasteiger partial charge on any atom is -0.494 e. The lowest BCUT2D eigenvalue weighted by Crippen LogP contribution is -2.43. The molecule has 0 aromatic heterocycles. The van der Waals surface area contributed by atoms with Gasteiger partial charge in [-0.05, 0) is 42.8 Å². The molecule has 0 aliphatic rings. The maximum absolute atomic E-state index is 11.9. The van der Waals surface area contributed by atoms with Gasteiger partial charge in [-0.2, -0.15) is 0 Å². The minimum absolute atomic E-state index is 0.208. The van der Waals surface area contributed by atoms with Gasteiger partial charge in [0, 0.05) is 6.08 Å². The fourth-order valence-corrected chi connectivity index (χ4v) is 2.29. The Labute approximate surface area is 167 Å². The molecule has 0 spiro atoms. The molecule has 2 N–H and O–H groups in total. The molecule has 2 aromatic carbocycles. The first-order valence-electron chi connectivity index (χ1n) is 8.41. The Kier molecular flexibility index (Phi) is 8.05. The number of nitrogens with one attached hydrogen (secondary N) is 2. The van der Waals surface area contributed by atoms with Crippen LogP contribution in [0.25, 0.3) is 6.08 Å². The summed E-state index contributed by atoms with van der Waals surface area (Å²) in [5, 5.41) is 0.250. The highest BCUT2D eigenvalue weighted by Gasteiger charge is 2.11. The third-order valence-electron chi connectivity index (χ3n) is 3.38. The molecule has 8 heteroatoms. The van der Waals surface area contributed by atoms with Crippen molar-refractivity contribution in [3.63, 3.8) is 0 Å². The summed E-state index contributed by atoms with van der Waals surface area (Å²) in [6, 6.07) is 13.5. The summed E-state index contributed by atoms with van der Waals surface area (Å²) in [5.74, 6) is -1.23. The van der Waals surface area contributed by atoms with Crippen molar-refractivity contribution in [2.45, 2.75) is 6.92 Å². The lowest BCUT2D eigenvalue weighted by Gasteiger charge is -2.08. The van der Waals surface area contributed by atoms with Crippen LogP contribution in [0.4, 0.5) is 0 Å². The molecule has 0 aliphatic heterocycles. The van der Waals surface area contributed by atoms with Gasteiger partial charge >= 0.3 is 5.97 Å². The number of hydrogen-bond acceptors (Lipinski definition) is 5. The normalized spacial score (nSPS) is 10.4. The van der Waals surface area contributed by atoms with Crippen molar-refractivity contribution in [2.24, 2.45) is 0 Å². The molecular formula is C20H19ClN2O5. The standard InChI is InChI=1S/C20H19ClN2O5/c1-2-27-15-10-7-14(8-11-15)9-12-19(25)28-13-18(24)22-23-20(26)16-5-3-4-6-17(16)21/h3-12H,2,13H2,1H3,(H,22,24)(H,23,26)/b12-9+. The molecule has 0 fully saturated rings. The van der Waals surface area contributed by atoms with Crippen molar-refractivity contribution >= 4 is 35.5 Å². The van der Waals surface area contributed by atoms with E-state index in [2.05, 4.69) is 10.9 Å². The summed E-state index contributed by atoms with van der Waals surface area (Å²) in [4.78, 5) is 35.2. The number of halogens is 1. The molecule has 2 aromatic rings. The van der Waals surface area contributed by atoms with Crippen LogP contribution in [0.1, 0.15) is 22.8 Å². The Hall–Kier alpha value is -3.32. The number of rotatable bonds is 7. The van der Waals surface area contributed by atoms with Gasteiger partial charge in [0.25, 0.3) is 11.8 Å². The Balaban J connectivity index is 1.73. The Bertz CT molecular complexity index is 865. The largest absolute Gasteiger partial charge is 0.494 e. The second-order valence-electron chi connectivity index (χ2n) is 5.43. The molecule has 7 nitrogen and oxygen atoms in total. The van der Waals surface area contributed by atoms with Crippen molar-refractivity contribution < 1.29 is 23.9 Å². The van der Waals surface area contributed by atoms with Crippen LogP contribution in [-0.4, -0.2) is 31.0 Å². The summed E-state index contributed by atoms with van der Waals surface area (Å²) < 4.78 is 10.1. The van der Waals surface area contributed by atoms with Crippen LogP contribution in [0.15, 0.2) is 54.6 Å². The third-order valence-corrected chi connectivity index (χ3v) is 3.71. The second-order valence-corrected chi connectivity index (χ2v) is 5.83. The molecule has 2 amide bonds. The number of hydrogen-bond donors (Lipinski definition) is 2. The smallest absolute Gasteiger partial charge is 0.331 e. The van der Waals surface area contributed by atoms with E-state index < -0.39 is 24.4 Å². The van der Waals surface area contributed by atoms with Crippen LogP contribution in [0.5, 0.6) is 5.75 Å². The fourth-order valence-electron chi connectivity index (χ4n) is 2.07. The fraction of sp³-hybridized carbons (Fsp3) is 0.150. The van der Waals surface area contributed by atoms with E-state index in [4.69, 9.17) is 21.1 Å². The number of hydrazine groups is 1. The molecule has 0 radical (unpaired) electrons. The quantitative estimate of drug-likeness (QED) is 0.422. The molecular weight excluding hydrogens is 384 g/mol. The zero-order valence-electron chi connectivity index (χ0n) is 15.1. The first-order chi connectivity index (χ1) is 13.5. The first-order valence-corrected chi connectivity index (χ1v) is 8.78. The Morgan fingerprint density at radius 2 is 1.75 bits per heavy atom. The van der Waals surface area contributed by atoms with E-state index in [1.54, 1.807) is 48.5 Å². The average Bonchev–Trinajstić information content (AvgIpc) is 2.70. The van der Waals surface area contributed by atoms with E-state index >= 15 is 0 Å². The highest BCUT2D eigenvalue weighted by molar-refractivity contribution is 6.33. The Morgan fingerprint density at radius 1 is 1.04 bits per heavy atom. The second kappa shape index (κ2) is 10.7. The number of benzene rings is 2. The molecule has 0 atom stereocenters. The Morgan fingerprint density at radius 3 is 2.43 bits per heavy atom. The molecule has 0 unspecified atom stereocenters. The van der Waals surface area contributed by atoms with Crippen LogP contribution < -0.4 is 15.6 Å². The molecule has 28 heavy (non-hydrogen) atoms. The van der Waals surface area contributed by atoms with E-state index in [0.717, 1.165) is 11.3 Å². The monoisotopic (exact) mass is 402 g/mol. The van der Waals surface area contributed by atoms with Gasteiger partial charge in [-0.25, -0.2) is 4.79 Å². The minimum atomic E-state index is -0.693. The van der Waals surface area contributed by atoms with Crippen LogP contribution in [0.3, 0.4) is 0 Å². The third kappa shape index (κ3) is 6.77. The molecule has 0 heterocycles. The summed E-state index contributed by atoms with van der Waals surface area (Å²) in [6.45, 7) is 1.92.